The topological polar surface area (TPSA) is 53.6 Å². The van der Waals surface area contributed by atoms with Gasteiger partial charge in [0.05, 0.1) is 18.8 Å². The number of nitrogens with zero attached hydrogens (tertiary/aromatic N) is 1. The van der Waals surface area contributed by atoms with Gasteiger partial charge in [0.1, 0.15) is 0 Å². The normalized spacial score (nSPS) is 32.0. The molecular weight excluding hydrogens is 254 g/mol. The highest BCUT2D eigenvalue weighted by Gasteiger charge is 2.27. The van der Waals surface area contributed by atoms with Crippen molar-refractivity contribution in [2.24, 2.45) is 5.92 Å². The molecule has 3 atom stereocenters. The lowest BCUT2D eigenvalue weighted by atomic mass is 9.90. The van der Waals surface area contributed by atoms with Crippen molar-refractivity contribution in [2.45, 2.75) is 45.3 Å². The van der Waals surface area contributed by atoms with Gasteiger partial charge in [-0.15, -0.1) is 0 Å². The Balaban J connectivity index is 1.71. The number of likely N-dealkylation sites (N-methyl/N-ethyl adjacent to an activating group) is 1. The van der Waals surface area contributed by atoms with Crippen molar-refractivity contribution >= 4 is 5.91 Å². The number of amides is 1. The van der Waals surface area contributed by atoms with E-state index in [0.717, 1.165) is 39.2 Å². The molecule has 1 amide bonds. The summed E-state index contributed by atoms with van der Waals surface area (Å²) in [4.78, 5) is 14.6. The maximum absolute atomic E-state index is 12.2. The summed E-state index contributed by atoms with van der Waals surface area (Å²) < 4.78 is 5.71. The van der Waals surface area contributed by atoms with E-state index >= 15 is 0 Å². The Morgan fingerprint density at radius 3 is 3.05 bits per heavy atom. The lowest BCUT2D eigenvalue weighted by molar-refractivity contribution is -0.125. The highest BCUT2D eigenvalue weighted by atomic mass is 16.5. The van der Waals surface area contributed by atoms with Gasteiger partial charge in [-0.1, -0.05) is 20.3 Å². The fourth-order valence-electron chi connectivity index (χ4n) is 3.10. The molecule has 116 valence electrons. The van der Waals surface area contributed by atoms with Gasteiger partial charge in [-0.05, 0) is 31.8 Å². The molecule has 2 fully saturated rings. The summed E-state index contributed by atoms with van der Waals surface area (Å²) in [6.07, 6.45) is 3.47. The summed E-state index contributed by atoms with van der Waals surface area (Å²) >= 11 is 0. The van der Waals surface area contributed by atoms with Gasteiger partial charge in [-0.3, -0.25) is 9.69 Å². The Morgan fingerprint density at radius 2 is 2.30 bits per heavy atom. The van der Waals surface area contributed by atoms with E-state index in [1.807, 2.05) is 0 Å². The van der Waals surface area contributed by atoms with E-state index in [1.54, 1.807) is 0 Å². The highest BCUT2D eigenvalue weighted by molar-refractivity contribution is 5.81. The van der Waals surface area contributed by atoms with Crippen LogP contribution in [0.25, 0.3) is 0 Å². The minimum Gasteiger partial charge on any atom is -0.374 e. The van der Waals surface area contributed by atoms with Crippen molar-refractivity contribution < 1.29 is 9.53 Å². The van der Waals surface area contributed by atoms with E-state index in [0.29, 0.717) is 12.5 Å². The SMILES string of the molecule is CCC1CCNC(C(=O)NCC2CN(CC)CCO2)C1. The second kappa shape index (κ2) is 7.96. The van der Waals surface area contributed by atoms with Crippen molar-refractivity contribution in [3.05, 3.63) is 0 Å². The smallest absolute Gasteiger partial charge is 0.237 e. The van der Waals surface area contributed by atoms with Gasteiger partial charge in [-0.2, -0.15) is 0 Å². The Morgan fingerprint density at radius 1 is 1.45 bits per heavy atom. The van der Waals surface area contributed by atoms with E-state index < -0.39 is 0 Å². The van der Waals surface area contributed by atoms with Gasteiger partial charge < -0.3 is 15.4 Å². The van der Waals surface area contributed by atoms with Crippen molar-refractivity contribution in [1.29, 1.82) is 0 Å². The first-order valence-corrected chi connectivity index (χ1v) is 8.08. The molecule has 2 saturated heterocycles. The van der Waals surface area contributed by atoms with Gasteiger partial charge in [0.2, 0.25) is 5.91 Å². The van der Waals surface area contributed by atoms with Gasteiger partial charge >= 0.3 is 0 Å². The van der Waals surface area contributed by atoms with E-state index in [1.165, 1.54) is 12.8 Å². The molecule has 2 aliphatic rings. The molecule has 0 aromatic heterocycles. The molecule has 2 rings (SSSR count). The number of carbonyl (C=O) groups excluding carboxylic acids is 1. The molecule has 0 saturated carbocycles. The van der Waals surface area contributed by atoms with Crippen LogP contribution < -0.4 is 10.6 Å². The lowest BCUT2D eigenvalue weighted by Crippen LogP contribution is -2.52. The van der Waals surface area contributed by atoms with Crippen LogP contribution in [0.15, 0.2) is 0 Å². The Bertz CT molecular complexity index is 311. The average Bonchev–Trinajstić information content (AvgIpc) is 2.52. The second-order valence-corrected chi connectivity index (χ2v) is 5.94. The van der Waals surface area contributed by atoms with Crippen LogP contribution in [0.5, 0.6) is 0 Å². The first-order valence-electron chi connectivity index (χ1n) is 8.08. The van der Waals surface area contributed by atoms with E-state index in [2.05, 4.69) is 29.4 Å². The quantitative estimate of drug-likeness (QED) is 0.776. The largest absolute Gasteiger partial charge is 0.374 e. The van der Waals surface area contributed by atoms with Crippen LogP contribution in [0, 0.1) is 5.92 Å². The van der Waals surface area contributed by atoms with E-state index in [4.69, 9.17) is 4.74 Å². The Hall–Kier alpha value is -0.650. The van der Waals surface area contributed by atoms with Gasteiger partial charge in [0.25, 0.3) is 0 Å². The molecule has 0 radical (unpaired) electrons. The molecule has 3 unspecified atom stereocenters. The summed E-state index contributed by atoms with van der Waals surface area (Å²) in [5.74, 6) is 0.828. The van der Waals surface area contributed by atoms with Crippen molar-refractivity contribution in [3.63, 3.8) is 0 Å². The monoisotopic (exact) mass is 283 g/mol. The summed E-state index contributed by atoms with van der Waals surface area (Å²) in [5.41, 5.74) is 0. The summed E-state index contributed by atoms with van der Waals surface area (Å²) in [7, 11) is 0. The molecule has 2 heterocycles. The first-order chi connectivity index (χ1) is 9.72. The Labute approximate surface area is 122 Å². The molecule has 20 heavy (non-hydrogen) atoms. The Kier molecular flexibility index (Phi) is 6.26. The zero-order valence-corrected chi connectivity index (χ0v) is 12.9. The van der Waals surface area contributed by atoms with Crippen LogP contribution in [0.3, 0.4) is 0 Å². The molecule has 5 nitrogen and oxygen atoms in total. The van der Waals surface area contributed by atoms with Crippen LogP contribution in [-0.2, 0) is 9.53 Å². The zero-order chi connectivity index (χ0) is 14.4. The predicted molar refractivity (Wildman–Crippen MR) is 79.7 cm³/mol. The minimum absolute atomic E-state index is 0.0143. The molecule has 2 aliphatic heterocycles. The highest BCUT2D eigenvalue weighted by Crippen LogP contribution is 2.19. The summed E-state index contributed by atoms with van der Waals surface area (Å²) in [6, 6.07) is -0.0143. The number of rotatable bonds is 5. The van der Waals surface area contributed by atoms with Crippen LogP contribution in [0.2, 0.25) is 0 Å². The molecule has 0 aromatic carbocycles. The number of nitrogens with one attached hydrogen (secondary N) is 2. The predicted octanol–water partition coefficient (Wildman–Crippen LogP) is 0.602. The third-order valence-electron chi connectivity index (χ3n) is 4.58. The van der Waals surface area contributed by atoms with Crippen LogP contribution in [0.1, 0.15) is 33.1 Å². The van der Waals surface area contributed by atoms with Gasteiger partial charge in [0, 0.05) is 19.6 Å². The lowest BCUT2D eigenvalue weighted by Gasteiger charge is -2.33. The molecule has 0 spiro atoms. The summed E-state index contributed by atoms with van der Waals surface area (Å²) in [5, 5.41) is 6.39. The molecule has 0 aliphatic carbocycles. The third kappa shape index (κ3) is 4.43. The van der Waals surface area contributed by atoms with Gasteiger partial charge in [-0.25, -0.2) is 0 Å². The number of ether oxygens (including phenoxy) is 1. The number of morpholine rings is 1. The van der Waals surface area contributed by atoms with Crippen molar-refractivity contribution in [1.82, 2.24) is 15.5 Å². The maximum atomic E-state index is 12.2. The third-order valence-corrected chi connectivity index (χ3v) is 4.58. The fraction of sp³-hybridized carbons (Fsp3) is 0.933. The van der Waals surface area contributed by atoms with Crippen LogP contribution >= 0.6 is 0 Å². The van der Waals surface area contributed by atoms with Crippen LogP contribution in [-0.4, -0.2) is 62.3 Å². The van der Waals surface area contributed by atoms with E-state index in [9.17, 15) is 4.79 Å². The molecule has 2 N–H and O–H groups in total. The first kappa shape index (κ1) is 15.7. The summed E-state index contributed by atoms with van der Waals surface area (Å²) in [6.45, 7) is 9.71. The molecule has 0 aromatic rings. The van der Waals surface area contributed by atoms with Crippen molar-refractivity contribution in [2.75, 3.05) is 39.3 Å². The number of hydrogen-bond donors (Lipinski definition) is 2. The zero-order valence-electron chi connectivity index (χ0n) is 12.9. The van der Waals surface area contributed by atoms with Crippen LogP contribution in [0.4, 0.5) is 0 Å². The van der Waals surface area contributed by atoms with E-state index in [-0.39, 0.29) is 18.1 Å². The number of hydrogen-bond acceptors (Lipinski definition) is 4. The van der Waals surface area contributed by atoms with Crippen molar-refractivity contribution in [3.8, 4) is 0 Å². The standard InChI is InChI=1S/C15H29N3O2/c1-3-12-5-6-16-14(9-12)15(19)17-10-13-11-18(4-2)7-8-20-13/h12-14,16H,3-11H2,1-2H3,(H,17,19). The fourth-order valence-corrected chi connectivity index (χ4v) is 3.10. The molecule has 0 bridgehead atoms. The molecule has 5 heteroatoms. The maximum Gasteiger partial charge on any atom is 0.237 e. The average molecular weight is 283 g/mol. The second-order valence-electron chi connectivity index (χ2n) is 5.94. The minimum atomic E-state index is -0.0143. The molecular formula is C15H29N3O2. The number of carbonyl (C=O) groups is 1. The number of piperidine rings is 1. The van der Waals surface area contributed by atoms with Gasteiger partial charge in [0.15, 0.2) is 0 Å².